The maximum Gasteiger partial charge on any atom is 0.335 e. The molecule has 5 heteroatoms. The molecule has 1 N–H and O–H groups in total. The van der Waals surface area contributed by atoms with Crippen LogP contribution in [0.25, 0.3) is 0 Å². The zero-order valence-electron chi connectivity index (χ0n) is 15.7. The summed E-state index contributed by atoms with van der Waals surface area (Å²) in [6, 6.07) is 14.9. The normalized spacial score (nSPS) is 19.7. The van der Waals surface area contributed by atoms with Crippen LogP contribution in [-0.4, -0.2) is 41.1 Å². The summed E-state index contributed by atoms with van der Waals surface area (Å²) in [5, 5.41) is 9.30. The fourth-order valence-electron chi connectivity index (χ4n) is 3.57. The second kappa shape index (κ2) is 8.35. The Balaban J connectivity index is 1.68. The number of aromatic carboxylic acids is 1. The highest BCUT2D eigenvalue weighted by Gasteiger charge is 2.30. The first-order valence-electron chi connectivity index (χ1n) is 9.25. The van der Waals surface area contributed by atoms with E-state index in [1.54, 1.807) is 24.3 Å². The third kappa shape index (κ3) is 4.37. The zero-order chi connectivity index (χ0) is 19.4. The Morgan fingerprint density at radius 2 is 1.85 bits per heavy atom. The van der Waals surface area contributed by atoms with E-state index in [-0.39, 0.29) is 30.0 Å². The van der Waals surface area contributed by atoms with E-state index in [0.717, 1.165) is 11.1 Å². The molecule has 0 radical (unpaired) electrons. The standard InChI is InChI=1S/C22H25NO4/c1-15-7-3-5-9-18(15)20-13-23(16(2)14-27-20)21(24)12-11-17-8-4-6-10-19(17)22(25)26/h3-10,16,20H,11-14H2,1-2H3,(H,25,26). The van der Waals surface area contributed by atoms with E-state index >= 15 is 0 Å². The van der Waals surface area contributed by atoms with E-state index in [1.807, 2.05) is 43.0 Å². The van der Waals surface area contributed by atoms with Crippen LogP contribution >= 0.6 is 0 Å². The molecule has 1 aliphatic heterocycles. The second-order valence-corrected chi connectivity index (χ2v) is 7.04. The fraction of sp³-hybridized carbons (Fsp3) is 0.364. The second-order valence-electron chi connectivity index (χ2n) is 7.04. The first-order chi connectivity index (χ1) is 13.0. The predicted octanol–water partition coefficient (Wildman–Crippen LogP) is 3.61. The third-order valence-corrected chi connectivity index (χ3v) is 5.14. The molecule has 3 rings (SSSR count). The number of carbonyl (C=O) groups is 2. The van der Waals surface area contributed by atoms with E-state index < -0.39 is 5.97 Å². The summed E-state index contributed by atoms with van der Waals surface area (Å²) in [5.74, 6) is -0.929. The molecule has 0 aliphatic carbocycles. The highest BCUT2D eigenvalue weighted by atomic mass is 16.5. The van der Waals surface area contributed by atoms with Crippen LogP contribution in [-0.2, 0) is 16.0 Å². The van der Waals surface area contributed by atoms with E-state index in [0.29, 0.717) is 25.1 Å². The zero-order valence-corrected chi connectivity index (χ0v) is 15.7. The highest BCUT2D eigenvalue weighted by molar-refractivity contribution is 5.89. The van der Waals surface area contributed by atoms with Crippen LogP contribution in [0.2, 0.25) is 0 Å². The minimum Gasteiger partial charge on any atom is -0.478 e. The van der Waals surface area contributed by atoms with E-state index in [4.69, 9.17) is 4.74 Å². The number of morpholine rings is 1. The molecule has 2 atom stereocenters. The van der Waals surface area contributed by atoms with Crippen LogP contribution in [0.5, 0.6) is 0 Å². The average Bonchev–Trinajstić information content (AvgIpc) is 2.67. The molecule has 1 amide bonds. The van der Waals surface area contributed by atoms with Crippen LogP contribution in [0.1, 0.15) is 46.5 Å². The lowest BCUT2D eigenvalue weighted by molar-refractivity contribution is -0.144. The van der Waals surface area contributed by atoms with Crippen molar-refractivity contribution in [3.05, 3.63) is 70.8 Å². The molecule has 1 saturated heterocycles. The van der Waals surface area contributed by atoms with Crippen molar-refractivity contribution in [3.63, 3.8) is 0 Å². The van der Waals surface area contributed by atoms with E-state index in [2.05, 4.69) is 0 Å². The number of amides is 1. The first kappa shape index (κ1) is 19.1. The Labute approximate surface area is 159 Å². The molecule has 2 aromatic carbocycles. The van der Waals surface area contributed by atoms with Crippen LogP contribution in [0.4, 0.5) is 0 Å². The van der Waals surface area contributed by atoms with Crippen molar-refractivity contribution in [1.29, 1.82) is 0 Å². The molecular formula is C22H25NO4. The topological polar surface area (TPSA) is 66.8 Å². The number of benzene rings is 2. The van der Waals surface area contributed by atoms with Gasteiger partial charge in [-0.2, -0.15) is 0 Å². The lowest BCUT2D eigenvalue weighted by atomic mass is 9.99. The van der Waals surface area contributed by atoms with Crippen molar-refractivity contribution in [2.75, 3.05) is 13.2 Å². The van der Waals surface area contributed by atoms with Gasteiger partial charge in [0, 0.05) is 6.42 Å². The molecule has 0 bridgehead atoms. The van der Waals surface area contributed by atoms with E-state index in [1.165, 1.54) is 0 Å². The predicted molar refractivity (Wildman–Crippen MR) is 103 cm³/mol. The van der Waals surface area contributed by atoms with Gasteiger partial charge in [-0.1, -0.05) is 42.5 Å². The molecule has 1 fully saturated rings. The molecule has 27 heavy (non-hydrogen) atoms. The van der Waals surface area contributed by atoms with Gasteiger partial charge in [0.25, 0.3) is 0 Å². The molecule has 0 saturated carbocycles. The van der Waals surface area contributed by atoms with Crippen molar-refractivity contribution in [1.82, 2.24) is 4.90 Å². The van der Waals surface area contributed by atoms with Crippen LogP contribution in [0, 0.1) is 6.92 Å². The molecule has 0 aromatic heterocycles. The van der Waals surface area contributed by atoms with Gasteiger partial charge in [-0.05, 0) is 43.0 Å². The van der Waals surface area contributed by atoms with Crippen molar-refractivity contribution in [3.8, 4) is 0 Å². The molecule has 1 heterocycles. The Bertz CT molecular complexity index is 833. The number of rotatable bonds is 5. The monoisotopic (exact) mass is 367 g/mol. The Morgan fingerprint density at radius 3 is 2.59 bits per heavy atom. The van der Waals surface area contributed by atoms with Gasteiger partial charge in [0.15, 0.2) is 0 Å². The first-order valence-corrected chi connectivity index (χ1v) is 9.25. The largest absolute Gasteiger partial charge is 0.478 e. The van der Waals surface area contributed by atoms with Crippen molar-refractivity contribution < 1.29 is 19.4 Å². The number of hydrogen-bond acceptors (Lipinski definition) is 3. The molecule has 1 aliphatic rings. The summed E-state index contributed by atoms with van der Waals surface area (Å²) in [4.78, 5) is 26.1. The summed E-state index contributed by atoms with van der Waals surface area (Å²) >= 11 is 0. The SMILES string of the molecule is Cc1ccccc1C1CN(C(=O)CCc2ccccc2C(=O)O)C(C)CO1. The quantitative estimate of drug-likeness (QED) is 0.877. The number of hydrogen-bond donors (Lipinski definition) is 1. The maximum atomic E-state index is 12.8. The lowest BCUT2D eigenvalue weighted by Gasteiger charge is -2.38. The Morgan fingerprint density at radius 1 is 1.15 bits per heavy atom. The van der Waals surface area contributed by atoms with Gasteiger partial charge < -0.3 is 14.7 Å². The van der Waals surface area contributed by atoms with Crippen LogP contribution in [0.3, 0.4) is 0 Å². The Hall–Kier alpha value is -2.66. The number of ether oxygens (including phenoxy) is 1. The third-order valence-electron chi connectivity index (χ3n) is 5.14. The van der Waals surface area contributed by atoms with Gasteiger partial charge in [-0.15, -0.1) is 0 Å². The van der Waals surface area contributed by atoms with Crippen LogP contribution in [0.15, 0.2) is 48.5 Å². The lowest BCUT2D eigenvalue weighted by Crippen LogP contribution is -2.48. The maximum absolute atomic E-state index is 12.8. The van der Waals surface area contributed by atoms with Gasteiger partial charge in [0.05, 0.1) is 24.8 Å². The Kier molecular flexibility index (Phi) is 5.91. The molecule has 2 unspecified atom stereocenters. The fourth-order valence-corrected chi connectivity index (χ4v) is 3.57. The summed E-state index contributed by atoms with van der Waals surface area (Å²) < 4.78 is 5.98. The number of nitrogens with zero attached hydrogens (tertiary/aromatic N) is 1. The minimum atomic E-state index is -0.961. The van der Waals surface area contributed by atoms with Crippen molar-refractivity contribution in [2.24, 2.45) is 0 Å². The summed E-state index contributed by atoms with van der Waals surface area (Å²) in [7, 11) is 0. The summed E-state index contributed by atoms with van der Waals surface area (Å²) in [6.07, 6.45) is 0.577. The van der Waals surface area contributed by atoms with Gasteiger partial charge in [-0.3, -0.25) is 4.79 Å². The van der Waals surface area contributed by atoms with E-state index in [9.17, 15) is 14.7 Å². The van der Waals surface area contributed by atoms with Crippen LogP contribution < -0.4 is 0 Å². The summed E-state index contributed by atoms with van der Waals surface area (Å²) in [6.45, 7) is 5.05. The van der Waals surface area contributed by atoms with Gasteiger partial charge in [0.2, 0.25) is 5.91 Å². The van der Waals surface area contributed by atoms with Gasteiger partial charge in [0.1, 0.15) is 6.10 Å². The van der Waals surface area contributed by atoms with Gasteiger partial charge >= 0.3 is 5.97 Å². The highest BCUT2D eigenvalue weighted by Crippen LogP contribution is 2.27. The molecule has 0 spiro atoms. The van der Waals surface area contributed by atoms with Gasteiger partial charge in [-0.25, -0.2) is 4.79 Å². The molecular weight excluding hydrogens is 342 g/mol. The average molecular weight is 367 g/mol. The molecule has 2 aromatic rings. The molecule has 142 valence electrons. The number of carboxylic acids is 1. The van der Waals surface area contributed by atoms with Crippen molar-refractivity contribution >= 4 is 11.9 Å². The smallest absolute Gasteiger partial charge is 0.335 e. The summed E-state index contributed by atoms with van der Waals surface area (Å²) in [5.41, 5.74) is 3.21. The number of carbonyl (C=O) groups excluding carboxylic acids is 1. The number of aryl methyl sites for hydroxylation is 2. The minimum absolute atomic E-state index is 0.00693. The molecule has 5 nitrogen and oxygen atoms in total. The van der Waals surface area contributed by atoms with Crippen molar-refractivity contribution in [2.45, 2.75) is 38.8 Å². The number of carboxylic acid groups (broad SMARTS) is 1.